The minimum Gasteiger partial charge on any atom is -0.497 e. The van der Waals surface area contributed by atoms with Crippen LogP contribution in [0.3, 0.4) is 0 Å². The lowest BCUT2D eigenvalue weighted by molar-refractivity contribution is -0.119. The van der Waals surface area contributed by atoms with E-state index in [1.54, 1.807) is 62.4 Å². The summed E-state index contributed by atoms with van der Waals surface area (Å²) in [7, 11) is -0.664. The molecule has 1 N–H and O–H groups in total. The van der Waals surface area contributed by atoms with Gasteiger partial charge in [0.1, 0.15) is 11.5 Å². The predicted octanol–water partition coefficient (Wildman–Crippen LogP) is 3.04. The zero-order valence-electron chi connectivity index (χ0n) is 17.3. The lowest BCUT2D eigenvalue weighted by atomic mass is 10.1. The maximum Gasteiger partial charge on any atom is 0.241 e. The number of carbonyl (C=O) groups is 1. The molecule has 160 valence electrons. The number of benzene rings is 2. The molecule has 0 aromatic heterocycles. The molecular weight excluding hydrogens is 404 g/mol. The number of sulfonamides is 1. The molecular formula is C22H26N2O5S. The van der Waals surface area contributed by atoms with E-state index in [9.17, 15) is 13.2 Å². The third-order valence-electron chi connectivity index (χ3n) is 5.68. The summed E-state index contributed by atoms with van der Waals surface area (Å²) in [5, 5.41) is 0. The fraction of sp³-hybridized carbons (Fsp3) is 0.409. The van der Waals surface area contributed by atoms with Crippen LogP contribution >= 0.6 is 0 Å². The van der Waals surface area contributed by atoms with Crippen LogP contribution in [-0.2, 0) is 21.2 Å². The summed E-state index contributed by atoms with van der Waals surface area (Å²) in [5.41, 5.74) is 2.40. The van der Waals surface area contributed by atoms with Crippen LogP contribution in [0.1, 0.15) is 36.9 Å². The molecule has 0 saturated heterocycles. The first-order chi connectivity index (χ1) is 14.3. The molecule has 0 bridgehead atoms. The first-order valence-corrected chi connectivity index (χ1v) is 11.5. The first-order valence-electron chi connectivity index (χ1n) is 10.0. The van der Waals surface area contributed by atoms with Gasteiger partial charge >= 0.3 is 0 Å². The topological polar surface area (TPSA) is 84.9 Å². The van der Waals surface area contributed by atoms with Crippen LogP contribution in [0.5, 0.6) is 11.5 Å². The van der Waals surface area contributed by atoms with E-state index in [4.69, 9.17) is 9.47 Å². The number of carbonyl (C=O) groups excluding carboxylic acids is 1. The third kappa shape index (κ3) is 3.89. The Hall–Kier alpha value is -2.58. The highest BCUT2D eigenvalue weighted by molar-refractivity contribution is 7.89. The number of anilines is 1. The highest BCUT2D eigenvalue weighted by Crippen LogP contribution is 2.37. The number of amides is 1. The van der Waals surface area contributed by atoms with Crippen molar-refractivity contribution in [1.82, 2.24) is 4.72 Å². The molecule has 0 radical (unpaired) electrons. The molecule has 1 heterocycles. The Bertz CT molecular complexity index is 1080. The largest absolute Gasteiger partial charge is 0.497 e. The molecule has 1 atom stereocenters. The average molecular weight is 431 g/mol. The van der Waals surface area contributed by atoms with Gasteiger partial charge in [0.25, 0.3) is 0 Å². The van der Waals surface area contributed by atoms with Gasteiger partial charge in [0.05, 0.1) is 19.1 Å². The van der Waals surface area contributed by atoms with E-state index in [1.165, 1.54) is 0 Å². The van der Waals surface area contributed by atoms with Gasteiger partial charge in [-0.05, 0) is 68.1 Å². The highest BCUT2D eigenvalue weighted by Gasteiger charge is 2.36. The molecule has 1 amide bonds. The second kappa shape index (κ2) is 7.92. The molecule has 2 aromatic carbocycles. The van der Waals surface area contributed by atoms with Gasteiger partial charge in [-0.25, -0.2) is 13.1 Å². The van der Waals surface area contributed by atoms with Crippen molar-refractivity contribution in [3.63, 3.8) is 0 Å². The Morgan fingerprint density at radius 2 is 1.90 bits per heavy atom. The highest BCUT2D eigenvalue weighted by atomic mass is 32.2. The number of fused-ring (bicyclic) bond motifs is 1. The average Bonchev–Trinajstić information content (AvgIpc) is 3.51. The van der Waals surface area contributed by atoms with E-state index in [2.05, 4.69) is 4.72 Å². The fourth-order valence-corrected chi connectivity index (χ4v) is 5.14. The van der Waals surface area contributed by atoms with Crippen LogP contribution in [0, 0.1) is 5.92 Å². The molecule has 7 nitrogen and oxygen atoms in total. The summed E-state index contributed by atoms with van der Waals surface area (Å²) < 4.78 is 39.4. The SMILES string of the molecule is COc1ccc(OC)c(C(C)NS(=O)(=O)c2ccc3c(c2)CCN3C(=O)C2CC2)c1. The molecule has 1 saturated carbocycles. The monoisotopic (exact) mass is 430 g/mol. The molecule has 1 unspecified atom stereocenters. The Morgan fingerprint density at radius 3 is 2.57 bits per heavy atom. The van der Waals surface area contributed by atoms with Crippen molar-refractivity contribution in [3.8, 4) is 11.5 Å². The second-order valence-corrected chi connectivity index (χ2v) is 9.47. The normalized spacial score (nSPS) is 16.8. The zero-order chi connectivity index (χ0) is 21.5. The van der Waals surface area contributed by atoms with Crippen LogP contribution in [-0.4, -0.2) is 35.1 Å². The number of nitrogens with one attached hydrogen (secondary N) is 1. The van der Waals surface area contributed by atoms with Crippen LogP contribution in [0.4, 0.5) is 5.69 Å². The lowest BCUT2D eigenvalue weighted by Gasteiger charge is -2.19. The summed E-state index contributed by atoms with van der Waals surface area (Å²) >= 11 is 0. The van der Waals surface area contributed by atoms with Crippen LogP contribution in [0.15, 0.2) is 41.3 Å². The van der Waals surface area contributed by atoms with Crippen molar-refractivity contribution >= 4 is 21.6 Å². The summed E-state index contributed by atoms with van der Waals surface area (Å²) in [4.78, 5) is 14.4. The predicted molar refractivity (Wildman–Crippen MR) is 114 cm³/mol. The summed E-state index contributed by atoms with van der Waals surface area (Å²) in [5.74, 6) is 1.49. The molecule has 4 rings (SSSR count). The van der Waals surface area contributed by atoms with Crippen LogP contribution in [0.25, 0.3) is 0 Å². The van der Waals surface area contributed by atoms with E-state index >= 15 is 0 Å². The number of nitrogens with zero attached hydrogens (tertiary/aromatic N) is 1. The first kappa shape index (κ1) is 20.7. The molecule has 1 aliphatic carbocycles. The van der Waals surface area contributed by atoms with Crippen molar-refractivity contribution in [2.75, 3.05) is 25.7 Å². The van der Waals surface area contributed by atoms with Crippen molar-refractivity contribution in [2.24, 2.45) is 5.92 Å². The quantitative estimate of drug-likeness (QED) is 0.730. The van der Waals surface area contributed by atoms with Gasteiger partial charge in [-0.15, -0.1) is 0 Å². The van der Waals surface area contributed by atoms with Gasteiger partial charge in [0.15, 0.2) is 0 Å². The summed E-state index contributed by atoms with van der Waals surface area (Å²) in [6.07, 6.45) is 2.57. The maximum atomic E-state index is 13.0. The Kier molecular flexibility index (Phi) is 5.46. The van der Waals surface area contributed by atoms with Crippen LogP contribution in [0.2, 0.25) is 0 Å². The number of rotatable bonds is 7. The lowest BCUT2D eigenvalue weighted by Crippen LogP contribution is -2.30. The number of methoxy groups -OCH3 is 2. The number of ether oxygens (including phenoxy) is 2. The fourth-order valence-electron chi connectivity index (χ4n) is 3.87. The Labute approximate surface area is 177 Å². The number of hydrogen-bond acceptors (Lipinski definition) is 5. The smallest absolute Gasteiger partial charge is 0.241 e. The van der Waals surface area contributed by atoms with Gasteiger partial charge in [0, 0.05) is 29.8 Å². The number of hydrogen-bond donors (Lipinski definition) is 1. The van der Waals surface area contributed by atoms with Gasteiger partial charge in [-0.3, -0.25) is 4.79 Å². The third-order valence-corrected chi connectivity index (χ3v) is 7.22. The van der Waals surface area contributed by atoms with E-state index in [1.807, 2.05) is 0 Å². The van der Waals surface area contributed by atoms with E-state index in [-0.39, 0.29) is 16.7 Å². The molecule has 1 fully saturated rings. The molecule has 2 aromatic rings. The maximum absolute atomic E-state index is 13.0. The minimum atomic E-state index is -3.77. The molecule has 1 aliphatic heterocycles. The standard InChI is InChI=1S/C22H26N2O5S/c1-14(19-13-17(28-2)6-9-21(19)29-3)23-30(26,27)18-7-8-20-16(12-18)10-11-24(20)22(25)15-4-5-15/h6-9,12-15,23H,4-5,10-11H2,1-3H3. The molecule has 8 heteroatoms. The van der Waals surface area contributed by atoms with Gasteiger partial charge in [0.2, 0.25) is 15.9 Å². The van der Waals surface area contributed by atoms with E-state index in [0.29, 0.717) is 30.0 Å². The van der Waals surface area contributed by atoms with Gasteiger partial charge in [-0.1, -0.05) is 0 Å². The van der Waals surface area contributed by atoms with Gasteiger partial charge in [-0.2, -0.15) is 0 Å². The molecule has 0 spiro atoms. The summed E-state index contributed by atoms with van der Waals surface area (Å²) in [6.45, 7) is 2.37. The zero-order valence-corrected chi connectivity index (χ0v) is 18.2. The molecule has 2 aliphatic rings. The van der Waals surface area contributed by atoms with Crippen molar-refractivity contribution in [3.05, 3.63) is 47.5 Å². The Morgan fingerprint density at radius 1 is 1.13 bits per heavy atom. The van der Waals surface area contributed by atoms with Crippen molar-refractivity contribution in [2.45, 2.75) is 37.1 Å². The van der Waals surface area contributed by atoms with Crippen molar-refractivity contribution in [1.29, 1.82) is 0 Å². The van der Waals surface area contributed by atoms with E-state index < -0.39 is 16.1 Å². The Balaban J connectivity index is 1.57. The van der Waals surface area contributed by atoms with Crippen molar-refractivity contribution < 1.29 is 22.7 Å². The second-order valence-electron chi connectivity index (χ2n) is 7.76. The minimum absolute atomic E-state index is 0.139. The molecule has 30 heavy (non-hydrogen) atoms. The van der Waals surface area contributed by atoms with Gasteiger partial charge < -0.3 is 14.4 Å². The van der Waals surface area contributed by atoms with Crippen LogP contribution < -0.4 is 19.1 Å². The summed E-state index contributed by atoms with van der Waals surface area (Å²) in [6, 6.07) is 9.73. The van der Waals surface area contributed by atoms with E-state index in [0.717, 1.165) is 24.1 Å².